The maximum Gasteiger partial charge on any atom is 0.220 e. The number of nitrogens with two attached hydrogens (primary N) is 1. The van der Waals surface area contributed by atoms with Gasteiger partial charge < -0.3 is 20.2 Å². The van der Waals surface area contributed by atoms with Gasteiger partial charge in [0.25, 0.3) is 0 Å². The number of ether oxygens (including phenoxy) is 2. The van der Waals surface area contributed by atoms with Crippen LogP contribution in [0.5, 0.6) is 11.5 Å². The third-order valence-electron chi connectivity index (χ3n) is 5.06. The Kier molecular flexibility index (Phi) is 3.86. The standard InChI is InChI=1S/C21H19N5O2/c1-27-18-3-2-4-19-14(18)9-13(11-28-19)20-24-16-6-5-12(10-17(16)25-20)15-7-8-23-21(22)26-15/h2-8,10,13H,9,11H2,1H3,(H,24,25)(H2,22,23,26). The molecule has 7 heteroatoms. The molecule has 0 bridgehead atoms. The van der Waals surface area contributed by atoms with E-state index in [-0.39, 0.29) is 11.9 Å². The Bertz CT molecular complexity index is 1160. The van der Waals surface area contributed by atoms with Crippen LogP contribution in [0, 0.1) is 0 Å². The van der Waals surface area contributed by atoms with Crippen LogP contribution in [0.3, 0.4) is 0 Å². The number of methoxy groups -OCH3 is 1. The third kappa shape index (κ3) is 2.81. The lowest BCUT2D eigenvalue weighted by Gasteiger charge is -2.25. The zero-order valence-electron chi connectivity index (χ0n) is 15.3. The number of aromatic nitrogens is 4. The van der Waals surface area contributed by atoms with E-state index in [2.05, 4.69) is 15.0 Å². The fraction of sp³-hybridized carbons (Fsp3) is 0.190. The molecule has 0 aliphatic carbocycles. The summed E-state index contributed by atoms with van der Waals surface area (Å²) in [5.74, 6) is 3.03. The van der Waals surface area contributed by atoms with Crippen LogP contribution in [0.1, 0.15) is 17.3 Å². The van der Waals surface area contributed by atoms with Gasteiger partial charge >= 0.3 is 0 Å². The summed E-state index contributed by atoms with van der Waals surface area (Å²) in [5.41, 5.74) is 10.4. The normalized spacial score (nSPS) is 15.8. The molecule has 0 saturated heterocycles. The van der Waals surface area contributed by atoms with Gasteiger partial charge in [0.05, 0.1) is 36.4 Å². The number of aromatic amines is 1. The summed E-state index contributed by atoms with van der Waals surface area (Å²) in [6.45, 7) is 0.579. The number of nitrogens with zero attached hydrogens (tertiary/aromatic N) is 3. The summed E-state index contributed by atoms with van der Waals surface area (Å²) >= 11 is 0. The summed E-state index contributed by atoms with van der Waals surface area (Å²) in [6.07, 6.45) is 2.47. The fourth-order valence-electron chi connectivity index (χ4n) is 3.66. The molecule has 5 rings (SSSR count). The summed E-state index contributed by atoms with van der Waals surface area (Å²) in [6, 6.07) is 13.7. The number of imidazole rings is 1. The Morgan fingerprint density at radius 1 is 1.18 bits per heavy atom. The lowest BCUT2D eigenvalue weighted by molar-refractivity contribution is 0.253. The van der Waals surface area contributed by atoms with Crippen molar-refractivity contribution in [3.63, 3.8) is 0 Å². The average molecular weight is 373 g/mol. The van der Waals surface area contributed by atoms with E-state index in [1.54, 1.807) is 13.3 Å². The minimum atomic E-state index is 0.134. The summed E-state index contributed by atoms with van der Waals surface area (Å²) in [5, 5.41) is 0. The molecule has 0 spiro atoms. The molecule has 2 aromatic heterocycles. The molecule has 0 radical (unpaired) electrons. The van der Waals surface area contributed by atoms with Crippen molar-refractivity contribution in [2.45, 2.75) is 12.3 Å². The second-order valence-electron chi connectivity index (χ2n) is 6.80. The molecule has 0 amide bonds. The molecule has 7 nitrogen and oxygen atoms in total. The van der Waals surface area contributed by atoms with E-state index in [9.17, 15) is 0 Å². The maximum atomic E-state index is 5.96. The second-order valence-corrected chi connectivity index (χ2v) is 6.80. The summed E-state index contributed by atoms with van der Waals surface area (Å²) < 4.78 is 11.5. The van der Waals surface area contributed by atoms with Crippen molar-refractivity contribution in [3.8, 4) is 22.8 Å². The van der Waals surface area contributed by atoms with E-state index in [0.29, 0.717) is 6.61 Å². The van der Waals surface area contributed by atoms with Crippen molar-refractivity contribution in [2.24, 2.45) is 0 Å². The summed E-state index contributed by atoms with van der Waals surface area (Å²) in [4.78, 5) is 16.5. The second kappa shape index (κ2) is 6.53. The smallest absolute Gasteiger partial charge is 0.220 e. The van der Waals surface area contributed by atoms with Crippen molar-refractivity contribution in [3.05, 3.63) is 60.0 Å². The van der Waals surface area contributed by atoms with Gasteiger partial charge in [-0.3, -0.25) is 0 Å². The van der Waals surface area contributed by atoms with Crippen molar-refractivity contribution < 1.29 is 9.47 Å². The Labute approximate surface area is 161 Å². The highest BCUT2D eigenvalue weighted by atomic mass is 16.5. The monoisotopic (exact) mass is 373 g/mol. The van der Waals surface area contributed by atoms with Crippen molar-refractivity contribution in [2.75, 3.05) is 19.5 Å². The highest BCUT2D eigenvalue weighted by Gasteiger charge is 2.26. The first-order chi connectivity index (χ1) is 13.7. The highest BCUT2D eigenvalue weighted by Crippen LogP contribution is 2.37. The molecule has 2 aromatic carbocycles. The number of H-pyrrole nitrogens is 1. The molecule has 1 atom stereocenters. The van der Waals surface area contributed by atoms with Gasteiger partial charge in [-0.25, -0.2) is 15.0 Å². The van der Waals surface area contributed by atoms with Crippen LogP contribution in [0.15, 0.2) is 48.7 Å². The van der Waals surface area contributed by atoms with Crippen LogP contribution in [-0.2, 0) is 6.42 Å². The molecule has 140 valence electrons. The molecular formula is C21H19N5O2. The minimum absolute atomic E-state index is 0.134. The van der Waals surface area contributed by atoms with Gasteiger partial charge in [-0.1, -0.05) is 12.1 Å². The van der Waals surface area contributed by atoms with Crippen LogP contribution in [0.2, 0.25) is 0 Å². The molecular weight excluding hydrogens is 354 g/mol. The quantitative estimate of drug-likeness (QED) is 0.571. The van der Waals surface area contributed by atoms with Crippen LogP contribution in [0.25, 0.3) is 22.3 Å². The van der Waals surface area contributed by atoms with Gasteiger partial charge in [0, 0.05) is 17.3 Å². The Morgan fingerprint density at radius 2 is 2.11 bits per heavy atom. The fourth-order valence-corrected chi connectivity index (χ4v) is 3.66. The number of hydrogen-bond acceptors (Lipinski definition) is 6. The zero-order chi connectivity index (χ0) is 19.1. The molecule has 3 heterocycles. The molecule has 0 fully saturated rings. The first kappa shape index (κ1) is 16.6. The van der Waals surface area contributed by atoms with Gasteiger partial charge in [0.2, 0.25) is 5.95 Å². The lowest BCUT2D eigenvalue weighted by atomic mass is 9.95. The van der Waals surface area contributed by atoms with E-state index >= 15 is 0 Å². The van der Waals surface area contributed by atoms with Gasteiger partial charge in [-0.2, -0.15) is 0 Å². The van der Waals surface area contributed by atoms with E-state index in [1.165, 1.54) is 0 Å². The van der Waals surface area contributed by atoms with Gasteiger partial charge in [-0.15, -0.1) is 0 Å². The van der Waals surface area contributed by atoms with Gasteiger partial charge in [-0.05, 0) is 36.8 Å². The molecule has 1 aliphatic rings. The van der Waals surface area contributed by atoms with Crippen molar-refractivity contribution in [1.29, 1.82) is 0 Å². The van der Waals surface area contributed by atoms with Crippen LogP contribution in [0.4, 0.5) is 5.95 Å². The first-order valence-corrected chi connectivity index (χ1v) is 9.08. The van der Waals surface area contributed by atoms with Gasteiger partial charge in [0.15, 0.2) is 0 Å². The Hall–Kier alpha value is -3.61. The van der Waals surface area contributed by atoms with Crippen molar-refractivity contribution >= 4 is 17.0 Å². The predicted molar refractivity (Wildman–Crippen MR) is 106 cm³/mol. The Morgan fingerprint density at radius 3 is 2.96 bits per heavy atom. The number of rotatable bonds is 3. The molecule has 0 saturated carbocycles. The number of hydrogen-bond donors (Lipinski definition) is 2. The lowest BCUT2D eigenvalue weighted by Crippen LogP contribution is -2.20. The Balaban J connectivity index is 1.49. The van der Waals surface area contributed by atoms with Gasteiger partial charge in [0.1, 0.15) is 17.3 Å². The molecule has 1 unspecified atom stereocenters. The topological polar surface area (TPSA) is 98.9 Å². The van der Waals surface area contributed by atoms with Crippen LogP contribution < -0.4 is 15.2 Å². The first-order valence-electron chi connectivity index (χ1n) is 9.08. The van der Waals surface area contributed by atoms with Crippen molar-refractivity contribution in [1.82, 2.24) is 19.9 Å². The number of anilines is 1. The minimum Gasteiger partial charge on any atom is -0.496 e. The third-order valence-corrected chi connectivity index (χ3v) is 5.06. The number of nitrogens with one attached hydrogen (secondary N) is 1. The van der Waals surface area contributed by atoms with E-state index in [4.69, 9.17) is 20.2 Å². The van der Waals surface area contributed by atoms with Crippen LogP contribution >= 0.6 is 0 Å². The number of fused-ring (bicyclic) bond motifs is 2. The van der Waals surface area contributed by atoms with E-state index in [1.807, 2.05) is 42.5 Å². The highest BCUT2D eigenvalue weighted by molar-refractivity contribution is 5.81. The average Bonchev–Trinajstić information content (AvgIpc) is 3.16. The largest absolute Gasteiger partial charge is 0.496 e. The number of benzene rings is 2. The molecule has 28 heavy (non-hydrogen) atoms. The van der Waals surface area contributed by atoms with E-state index < -0.39 is 0 Å². The maximum absolute atomic E-state index is 5.96. The predicted octanol–water partition coefficient (Wildman–Crippen LogP) is 3.33. The zero-order valence-corrected chi connectivity index (χ0v) is 15.3. The SMILES string of the molecule is COc1cccc2c1CC(c1nc3ccc(-c4ccnc(N)n4)cc3[nH]1)CO2. The number of nitrogen functional groups attached to an aromatic ring is 1. The van der Waals surface area contributed by atoms with E-state index in [0.717, 1.165) is 51.6 Å². The molecule has 4 aromatic rings. The van der Waals surface area contributed by atoms with Crippen LogP contribution in [-0.4, -0.2) is 33.7 Å². The molecule has 1 aliphatic heterocycles. The summed E-state index contributed by atoms with van der Waals surface area (Å²) in [7, 11) is 1.68. The molecule has 3 N–H and O–H groups in total.